The molecule has 1 aliphatic rings. The van der Waals surface area contributed by atoms with Crippen LogP contribution in [0.25, 0.3) is 0 Å². The molecule has 0 saturated carbocycles. The van der Waals surface area contributed by atoms with Crippen molar-refractivity contribution in [3.05, 3.63) is 0 Å². The van der Waals surface area contributed by atoms with Crippen LogP contribution < -0.4 is 5.73 Å². The first-order valence-electron chi connectivity index (χ1n) is 6.33. The molecule has 1 saturated heterocycles. The van der Waals surface area contributed by atoms with Crippen LogP contribution in [0, 0.1) is 0 Å². The minimum Gasteiger partial charge on any atom is -0.444 e. The van der Waals surface area contributed by atoms with E-state index in [0.717, 1.165) is 6.42 Å². The van der Waals surface area contributed by atoms with E-state index in [9.17, 15) is 4.79 Å². The minimum absolute atomic E-state index is 0.321. The third kappa shape index (κ3) is 5.66. The molecule has 0 radical (unpaired) electrons. The number of morpholine rings is 1. The van der Waals surface area contributed by atoms with E-state index in [-0.39, 0.29) is 12.4 Å². The molecule has 1 unspecified atom stereocenters. The summed E-state index contributed by atoms with van der Waals surface area (Å²) in [5.41, 5.74) is 4.90. The fourth-order valence-corrected chi connectivity index (χ4v) is 1.51. The van der Waals surface area contributed by atoms with Crippen molar-refractivity contribution in [2.75, 3.05) is 32.8 Å². The molecular formula is C12H24N2O4. The van der Waals surface area contributed by atoms with Gasteiger partial charge < -0.3 is 24.8 Å². The molecular weight excluding hydrogens is 236 g/mol. The van der Waals surface area contributed by atoms with Crippen molar-refractivity contribution < 1.29 is 19.0 Å². The van der Waals surface area contributed by atoms with Crippen LogP contribution in [0.1, 0.15) is 27.2 Å². The molecule has 0 aromatic rings. The van der Waals surface area contributed by atoms with Gasteiger partial charge in [-0.1, -0.05) is 0 Å². The Labute approximate surface area is 108 Å². The number of carbonyl (C=O) groups is 1. The van der Waals surface area contributed by atoms with Crippen molar-refractivity contribution in [1.29, 1.82) is 0 Å². The summed E-state index contributed by atoms with van der Waals surface area (Å²) >= 11 is 0. The molecule has 1 heterocycles. The molecule has 0 spiro atoms. The van der Waals surface area contributed by atoms with Gasteiger partial charge in [-0.2, -0.15) is 0 Å². The van der Waals surface area contributed by atoms with Gasteiger partial charge in [-0.3, -0.25) is 0 Å². The van der Waals surface area contributed by atoms with Gasteiger partial charge in [0.2, 0.25) is 0 Å². The van der Waals surface area contributed by atoms with Gasteiger partial charge in [-0.05, 0) is 33.7 Å². The van der Waals surface area contributed by atoms with Crippen molar-refractivity contribution in [3.8, 4) is 0 Å². The van der Waals surface area contributed by atoms with Crippen molar-refractivity contribution in [2.24, 2.45) is 5.73 Å². The van der Waals surface area contributed by atoms with E-state index in [0.29, 0.717) is 32.8 Å². The molecule has 18 heavy (non-hydrogen) atoms. The third-order valence-corrected chi connectivity index (χ3v) is 2.34. The molecule has 6 heteroatoms. The summed E-state index contributed by atoms with van der Waals surface area (Å²) in [5, 5.41) is 0. The van der Waals surface area contributed by atoms with Crippen molar-refractivity contribution >= 4 is 6.09 Å². The highest BCUT2D eigenvalue weighted by molar-refractivity contribution is 5.68. The molecule has 1 rings (SSSR count). The second-order valence-corrected chi connectivity index (χ2v) is 5.24. The molecule has 0 aliphatic carbocycles. The van der Waals surface area contributed by atoms with Gasteiger partial charge >= 0.3 is 6.09 Å². The highest BCUT2D eigenvalue weighted by Crippen LogP contribution is 2.13. The maximum Gasteiger partial charge on any atom is 0.410 e. The SMILES string of the molecule is CC(C)(C)OC(=O)N1CCOC(OCCCN)C1. The first-order valence-corrected chi connectivity index (χ1v) is 6.33. The van der Waals surface area contributed by atoms with Crippen LogP contribution in [0.4, 0.5) is 4.79 Å². The molecule has 2 N–H and O–H groups in total. The normalized spacial score (nSPS) is 20.9. The summed E-state index contributed by atoms with van der Waals surface area (Å²) in [6.45, 7) is 8.07. The van der Waals surface area contributed by atoms with Gasteiger partial charge in [0.15, 0.2) is 6.29 Å². The number of amides is 1. The van der Waals surface area contributed by atoms with Gasteiger partial charge in [-0.15, -0.1) is 0 Å². The fourth-order valence-electron chi connectivity index (χ4n) is 1.51. The minimum atomic E-state index is -0.481. The largest absolute Gasteiger partial charge is 0.444 e. The van der Waals surface area contributed by atoms with Crippen molar-refractivity contribution in [3.63, 3.8) is 0 Å². The number of carbonyl (C=O) groups excluding carboxylic acids is 1. The smallest absolute Gasteiger partial charge is 0.410 e. The summed E-state index contributed by atoms with van der Waals surface area (Å²) in [7, 11) is 0. The van der Waals surface area contributed by atoms with E-state index in [1.807, 2.05) is 20.8 Å². The van der Waals surface area contributed by atoms with E-state index < -0.39 is 5.60 Å². The molecule has 1 aliphatic heterocycles. The fraction of sp³-hybridized carbons (Fsp3) is 0.917. The quantitative estimate of drug-likeness (QED) is 0.762. The second kappa shape index (κ2) is 6.92. The summed E-state index contributed by atoms with van der Waals surface area (Å²) in [6.07, 6.45) is 0.0859. The van der Waals surface area contributed by atoms with Gasteiger partial charge in [0.05, 0.1) is 19.8 Å². The van der Waals surface area contributed by atoms with Crippen molar-refractivity contribution in [1.82, 2.24) is 4.90 Å². The lowest BCUT2D eigenvalue weighted by atomic mass is 10.2. The third-order valence-electron chi connectivity index (χ3n) is 2.34. The Morgan fingerprint density at radius 2 is 2.22 bits per heavy atom. The molecule has 106 valence electrons. The molecule has 1 atom stereocenters. The Morgan fingerprint density at radius 3 is 2.83 bits per heavy atom. The average Bonchev–Trinajstić information content (AvgIpc) is 2.27. The molecule has 1 amide bonds. The molecule has 1 fully saturated rings. The molecule has 6 nitrogen and oxygen atoms in total. The predicted molar refractivity (Wildman–Crippen MR) is 67.2 cm³/mol. The van der Waals surface area contributed by atoms with Crippen LogP contribution in [0.15, 0.2) is 0 Å². The van der Waals surface area contributed by atoms with Crippen molar-refractivity contribution in [2.45, 2.75) is 39.1 Å². The standard InChI is InChI=1S/C12H24N2O4/c1-12(2,3)18-11(15)14-6-8-17-10(9-14)16-7-4-5-13/h10H,4-9,13H2,1-3H3. The van der Waals surface area contributed by atoms with Gasteiger partial charge in [-0.25, -0.2) is 4.79 Å². The Bertz CT molecular complexity index is 265. The van der Waals surface area contributed by atoms with E-state index >= 15 is 0 Å². The number of nitrogens with zero attached hydrogens (tertiary/aromatic N) is 1. The molecule has 0 bridgehead atoms. The van der Waals surface area contributed by atoms with Crippen LogP contribution in [-0.4, -0.2) is 55.7 Å². The summed E-state index contributed by atoms with van der Waals surface area (Å²) in [5.74, 6) is 0. The Hall–Kier alpha value is -0.850. The number of hydrogen-bond donors (Lipinski definition) is 1. The molecule has 0 aromatic heterocycles. The Balaban J connectivity index is 2.36. The number of rotatable bonds is 4. The van der Waals surface area contributed by atoms with Crippen LogP contribution in [-0.2, 0) is 14.2 Å². The maximum absolute atomic E-state index is 11.9. The van der Waals surface area contributed by atoms with Gasteiger partial charge in [0.1, 0.15) is 5.60 Å². The van der Waals surface area contributed by atoms with Crippen LogP contribution in [0.5, 0.6) is 0 Å². The second-order valence-electron chi connectivity index (χ2n) is 5.24. The zero-order valence-electron chi connectivity index (χ0n) is 11.5. The Kier molecular flexibility index (Phi) is 5.84. The average molecular weight is 260 g/mol. The van der Waals surface area contributed by atoms with Crippen LogP contribution in [0.2, 0.25) is 0 Å². The summed E-state index contributed by atoms with van der Waals surface area (Å²) < 4.78 is 16.2. The van der Waals surface area contributed by atoms with E-state index in [2.05, 4.69) is 0 Å². The lowest BCUT2D eigenvalue weighted by molar-refractivity contribution is -0.176. The monoisotopic (exact) mass is 260 g/mol. The Morgan fingerprint density at radius 1 is 1.50 bits per heavy atom. The summed E-state index contributed by atoms with van der Waals surface area (Å²) in [4.78, 5) is 13.5. The zero-order chi connectivity index (χ0) is 13.6. The van der Waals surface area contributed by atoms with Crippen LogP contribution >= 0.6 is 0 Å². The van der Waals surface area contributed by atoms with Crippen LogP contribution in [0.3, 0.4) is 0 Å². The van der Waals surface area contributed by atoms with E-state index in [4.69, 9.17) is 19.9 Å². The molecule has 0 aromatic carbocycles. The topological polar surface area (TPSA) is 74.0 Å². The zero-order valence-corrected chi connectivity index (χ0v) is 11.5. The lowest BCUT2D eigenvalue weighted by Crippen LogP contribution is -2.48. The number of hydrogen-bond acceptors (Lipinski definition) is 5. The van der Waals surface area contributed by atoms with Gasteiger partial charge in [0, 0.05) is 6.54 Å². The van der Waals surface area contributed by atoms with E-state index in [1.165, 1.54) is 0 Å². The predicted octanol–water partition coefficient (Wildman–Crippen LogP) is 0.945. The number of nitrogens with two attached hydrogens (primary N) is 1. The van der Waals surface area contributed by atoms with E-state index in [1.54, 1.807) is 4.90 Å². The lowest BCUT2D eigenvalue weighted by Gasteiger charge is -2.33. The maximum atomic E-state index is 11.9. The first-order chi connectivity index (χ1) is 8.42. The number of ether oxygens (including phenoxy) is 3. The van der Waals surface area contributed by atoms with Gasteiger partial charge in [0.25, 0.3) is 0 Å². The summed E-state index contributed by atoms with van der Waals surface area (Å²) in [6, 6.07) is 0. The first kappa shape index (κ1) is 15.2. The highest BCUT2D eigenvalue weighted by atomic mass is 16.7. The highest BCUT2D eigenvalue weighted by Gasteiger charge is 2.28.